The lowest BCUT2D eigenvalue weighted by atomic mass is 9.76. The number of nitrogens with one attached hydrogen (secondary N) is 1. The highest BCUT2D eigenvalue weighted by atomic mass is 16.5. The number of hydrogen-bond donors (Lipinski definition) is 1. The minimum Gasteiger partial charge on any atom is -0.367 e. The molecule has 0 saturated carbocycles. The smallest absolute Gasteiger partial charge is 0.233 e. The Kier molecular flexibility index (Phi) is 4.57. The molecule has 3 heterocycles. The number of morpholine rings is 1. The van der Waals surface area contributed by atoms with E-state index in [2.05, 4.69) is 29.2 Å². The van der Waals surface area contributed by atoms with E-state index in [9.17, 15) is 0 Å². The fraction of sp³-hybridized carbons (Fsp3) is 0.867. The first kappa shape index (κ1) is 14.9. The van der Waals surface area contributed by atoms with E-state index in [1.807, 2.05) is 0 Å². The van der Waals surface area contributed by atoms with E-state index >= 15 is 0 Å². The lowest BCUT2D eigenvalue weighted by Gasteiger charge is -2.33. The van der Waals surface area contributed by atoms with E-state index in [0.29, 0.717) is 0 Å². The molecule has 1 aromatic heterocycles. The molecule has 6 heteroatoms. The second-order valence-corrected chi connectivity index (χ2v) is 6.09. The second-order valence-electron chi connectivity index (χ2n) is 6.09. The molecule has 0 aliphatic carbocycles. The maximum absolute atomic E-state index is 5.82. The van der Waals surface area contributed by atoms with Gasteiger partial charge in [0, 0.05) is 13.1 Å². The minimum atomic E-state index is -0.0492. The van der Waals surface area contributed by atoms with Gasteiger partial charge in [0.15, 0.2) is 0 Å². The summed E-state index contributed by atoms with van der Waals surface area (Å²) in [7, 11) is 0. The Labute approximate surface area is 126 Å². The molecular weight excluding hydrogens is 268 g/mol. The Morgan fingerprint density at radius 3 is 2.86 bits per heavy atom. The van der Waals surface area contributed by atoms with Crippen LogP contribution in [-0.2, 0) is 10.2 Å². The number of hydrogen-bond acceptors (Lipinski definition) is 6. The van der Waals surface area contributed by atoms with Crippen LogP contribution in [0.2, 0.25) is 0 Å². The average molecular weight is 294 g/mol. The number of piperidine rings is 1. The third-order valence-electron chi connectivity index (χ3n) is 5.02. The van der Waals surface area contributed by atoms with Crippen LogP contribution in [0.5, 0.6) is 0 Å². The first-order valence-corrected chi connectivity index (χ1v) is 8.16. The Hall–Kier alpha value is -0.980. The number of likely N-dealkylation sites (N-methyl/N-ethyl adjacent to an activating group) is 1. The van der Waals surface area contributed by atoms with E-state index in [1.54, 1.807) is 0 Å². The Bertz CT molecular complexity index is 456. The molecule has 2 saturated heterocycles. The van der Waals surface area contributed by atoms with Crippen LogP contribution < -0.4 is 5.32 Å². The number of rotatable bonds is 4. The van der Waals surface area contributed by atoms with Crippen molar-refractivity contribution < 1.29 is 9.26 Å². The maximum atomic E-state index is 5.82. The SMILES string of the molecule is CCN1CCOC(c2noc(C3(CC)CCNCC3)n2)C1. The lowest BCUT2D eigenvalue weighted by Crippen LogP contribution is -2.40. The van der Waals surface area contributed by atoms with Crippen LogP contribution >= 0.6 is 0 Å². The van der Waals surface area contributed by atoms with Crippen molar-refractivity contribution >= 4 is 0 Å². The van der Waals surface area contributed by atoms with Crippen molar-refractivity contribution in [1.29, 1.82) is 0 Å². The molecule has 1 aromatic rings. The average Bonchev–Trinajstić information content (AvgIpc) is 3.06. The molecule has 0 aromatic carbocycles. The zero-order valence-corrected chi connectivity index (χ0v) is 13.1. The summed E-state index contributed by atoms with van der Waals surface area (Å²) >= 11 is 0. The molecule has 3 rings (SSSR count). The first-order chi connectivity index (χ1) is 10.3. The quantitative estimate of drug-likeness (QED) is 0.908. The highest BCUT2D eigenvalue weighted by Crippen LogP contribution is 2.36. The normalized spacial score (nSPS) is 26.9. The molecule has 2 fully saturated rings. The van der Waals surface area contributed by atoms with E-state index < -0.39 is 0 Å². The topological polar surface area (TPSA) is 63.4 Å². The number of aromatic nitrogens is 2. The second kappa shape index (κ2) is 6.42. The summed E-state index contributed by atoms with van der Waals surface area (Å²) in [5.41, 5.74) is 0.0512. The number of nitrogens with zero attached hydrogens (tertiary/aromatic N) is 3. The summed E-state index contributed by atoms with van der Waals surface area (Å²) < 4.78 is 11.5. The van der Waals surface area contributed by atoms with Crippen molar-refractivity contribution in [2.45, 2.75) is 44.6 Å². The van der Waals surface area contributed by atoms with Gasteiger partial charge in [-0.2, -0.15) is 4.98 Å². The molecule has 0 spiro atoms. The minimum absolute atomic E-state index is 0.0492. The summed E-state index contributed by atoms with van der Waals surface area (Å²) in [6.45, 7) is 10.1. The predicted octanol–water partition coefficient (Wildman–Crippen LogP) is 1.49. The molecule has 1 N–H and O–H groups in total. The van der Waals surface area contributed by atoms with E-state index in [-0.39, 0.29) is 11.5 Å². The molecule has 0 bridgehead atoms. The van der Waals surface area contributed by atoms with E-state index in [0.717, 1.165) is 70.3 Å². The van der Waals surface area contributed by atoms with Crippen LogP contribution in [0.4, 0.5) is 0 Å². The van der Waals surface area contributed by atoms with Gasteiger partial charge >= 0.3 is 0 Å². The third kappa shape index (κ3) is 2.98. The zero-order chi connectivity index (χ0) is 14.7. The van der Waals surface area contributed by atoms with Crippen molar-refractivity contribution in [3.63, 3.8) is 0 Å². The van der Waals surface area contributed by atoms with Crippen molar-refractivity contribution in [1.82, 2.24) is 20.4 Å². The van der Waals surface area contributed by atoms with Gasteiger partial charge in [-0.05, 0) is 38.9 Å². The van der Waals surface area contributed by atoms with Crippen LogP contribution in [0, 0.1) is 0 Å². The first-order valence-electron chi connectivity index (χ1n) is 8.16. The van der Waals surface area contributed by atoms with Gasteiger partial charge < -0.3 is 14.6 Å². The van der Waals surface area contributed by atoms with Crippen LogP contribution in [-0.4, -0.2) is 54.4 Å². The molecule has 1 unspecified atom stereocenters. The molecule has 118 valence electrons. The van der Waals surface area contributed by atoms with Gasteiger partial charge in [-0.15, -0.1) is 0 Å². The number of ether oxygens (including phenoxy) is 1. The summed E-state index contributed by atoms with van der Waals surface area (Å²) in [6.07, 6.45) is 3.13. The van der Waals surface area contributed by atoms with Crippen LogP contribution in [0.1, 0.15) is 50.9 Å². The summed E-state index contributed by atoms with van der Waals surface area (Å²) in [6, 6.07) is 0. The van der Waals surface area contributed by atoms with Crippen molar-refractivity contribution in [2.24, 2.45) is 0 Å². The van der Waals surface area contributed by atoms with Crippen LogP contribution in [0.25, 0.3) is 0 Å². The Morgan fingerprint density at radius 2 is 2.14 bits per heavy atom. The summed E-state index contributed by atoms with van der Waals surface area (Å²) in [5, 5.41) is 7.62. The van der Waals surface area contributed by atoms with Gasteiger partial charge in [0.25, 0.3) is 0 Å². The van der Waals surface area contributed by atoms with E-state index in [1.165, 1.54) is 0 Å². The largest absolute Gasteiger partial charge is 0.367 e. The maximum Gasteiger partial charge on any atom is 0.233 e. The molecule has 0 radical (unpaired) electrons. The van der Waals surface area contributed by atoms with Gasteiger partial charge in [0.1, 0.15) is 6.10 Å². The Balaban J connectivity index is 1.76. The molecule has 2 aliphatic rings. The molecule has 21 heavy (non-hydrogen) atoms. The molecule has 1 atom stereocenters. The van der Waals surface area contributed by atoms with Gasteiger partial charge in [-0.25, -0.2) is 0 Å². The van der Waals surface area contributed by atoms with Crippen molar-refractivity contribution in [2.75, 3.05) is 39.3 Å². The van der Waals surface area contributed by atoms with Crippen LogP contribution in [0.3, 0.4) is 0 Å². The van der Waals surface area contributed by atoms with Gasteiger partial charge in [-0.1, -0.05) is 19.0 Å². The highest BCUT2D eigenvalue weighted by Gasteiger charge is 2.38. The van der Waals surface area contributed by atoms with Crippen LogP contribution in [0.15, 0.2) is 4.52 Å². The zero-order valence-electron chi connectivity index (χ0n) is 13.1. The molecule has 0 amide bonds. The standard InChI is InChI=1S/C15H26N4O2/c1-3-15(5-7-16-8-6-15)14-17-13(18-21-14)12-11-19(4-2)9-10-20-12/h12,16H,3-11H2,1-2H3. The lowest BCUT2D eigenvalue weighted by molar-refractivity contribution is -0.0334. The van der Waals surface area contributed by atoms with Gasteiger partial charge in [-0.3, -0.25) is 4.90 Å². The monoisotopic (exact) mass is 294 g/mol. The fourth-order valence-electron chi connectivity index (χ4n) is 3.35. The summed E-state index contributed by atoms with van der Waals surface area (Å²) in [5.74, 6) is 1.52. The molecular formula is C15H26N4O2. The van der Waals surface area contributed by atoms with Crippen molar-refractivity contribution in [3.05, 3.63) is 11.7 Å². The molecule has 2 aliphatic heterocycles. The van der Waals surface area contributed by atoms with E-state index in [4.69, 9.17) is 14.2 Å². The van der Waals surface area contributed by atoms with Crippen molar-refractivity contribution in [3.8, 4) is 0 Å². The summed E-state index contributed by atoms with van der Waals surface area (Å²) in [4.78, 5) is 7.08. The van der Waals surface area contributed by atoms with Gasteiger partial charge in [0.2, 0.25) is 11.7 Å². The predicted molar refractivity (Wildman–Crippen MR) is 79.2 cm³/mol. The molecule has 6 nitrogen and oxygen atoms in total. The highest BCUT2D eigenvalue weighted by molar-refractivity contribution is 5.08. The third-order valence-corrected chi connectivity index (χ3v) is 5.02. The van der Waals surface area contributed by atoms with Gasteiger partial charge in [0.05, 0.1) is 12.0 Å². The Morgan fingerprint density at radius 1 is 1.33 bits per heavy atom. The fourth-order valence-corrected chi connectivity index (χ4v) is 3.35.